The molecule has 0 amide bonds. The Morgan fingerprint density at radius 2 is 1.78 bits per heavy atom. The third kappa shape index (κ3) is 2.13. The molecule has 0 saturated carbocycles. The van der Waals surface area contributed by atoms with Gasteiger partial charge in [-0.25, -0.2) is 4.68 Å². The minimum absolute atomic E-state index is 0.109. The molecule has 2 aromatic rings. The van der Waals surface area contributed by atoms with E-state index in [4.69, 9.17) is 0 Å². The molecule has 0 aliphatic carbocycles. The third-order valence-corrected chi connectivity index (χ3v) is 3.02. The number of aryl methyl sites for hydroxylation is 1. The molecule has 0 atom stereocenters. The lowest BCUT2D eigenvalue weighted by atomic mass is 9.86. The van der Waals surface area contributed by atoms with Crippen molar-refractivity contribution in [2.45, 2.75) is 39.5 Å². The Balaban J connectivity index is 2.62. The van der Waals surface area contributed by atoms with E-state index < -0.39 is 0 Å². The van der Waals surface area contributed by atoms with Crippen LogP contribution in [-0.4, -0.2) is 14.9 Å². The maximum absolute atomic E-state index is 10.4. The van der Waals surface area contributed by atoms with Crippen molar-refractivity contribution in [1.82, 2.24) is 9.78 Å². The lowest BCUT2D eigenvalue weighted by Crippen LogP contribution is -2.12. The topological polar surface area (TPSA) is 38.0 Å². The SMILES string of the molecule is CCc1nn(-c2ccccc2)c(O)c1C(C)(C)C. The molecule has 0 unspecified atom stereocenters. The van der Waals surface area contributed by atoms with Crippen LogP contribution in [0.5, 0.6) is 5.88 Å². The van der Waals surface area contributed by atoms with Gasteiger partial charge in [-0.3, -0.25) is 0 Å². The van der Waals surface area contributed by atoms with Crippen LogP contribution >= 0.6 is 0 Å². The largest absolute Gasteiger partial charge is 0.493 e. The van der Waals surface area contributed by atoms with Crippen molar-refractivity contribution in [3.63, 3.8) is 0 Å². The summed E-state index contributed by atoms with van der Waals surface area (Å²) in [5.41, 5.74) is 2.68. The van der Waals surface area contributed by atoms with Crippen molar-refractivity contribution in [3.8, 4) is 11.6 Å². The Morgan fingerprint density at radius 1 is 1.17 bits per heavy atom. The van der Waals surface area contributed by atoms with Crippen LogP contribution in [0.2, 0.25) is 0 Å². The molecule has 0 radical (unpaired) electrons. The van der Waals surface area contributed by atoms with Crippen LogP contribution in [0.15, 0.2) is 30.3 Å². The van der Waals surface area contributed by atoms with Crippen LogP contribution in [0.4, 0.5) is 0 Å². The quantitative estimate of drug-likeness (QED) is 0.878. The average Bonchev–Trinajstić information content (AvgIpc) is 2.67. The number of aromatic nitrogens is 2. The van der Waals surface area contributed by atoms with Crippen LogP contribution in [0.1, 0.15) is 39.0 Å². The van der Waals surface area contributed by atoms with Gasteiger partial charge in [0.25, 0.3) is 0 Å². The van der Waals surface area contributed by atoms with Crippen molar-refractivity contribution in [3.05, 3.63) is 41.6 Å². The zero-order valence-corrected chi connectivity index (χ0v) is 11.4. The standard InChI is InChI=1S/C15H20N2O/c1-5-12-13(15(2,3)4)14(18)17(16-12)11-9-7-6-8-10-11/h6-10,18H,5H2,1-4H3. The fourth-order valence-electron chi connectivity index (χ4n) is 2.22. The number of para-hydroxylation sites is 1. The zero-order valence-electron chi connectivity index (χ0n) is 11.4. The summed E-state index contributed by atoms with van der Waals surface area (Å²) in [4.78, 5) is 0. The molecule has 0 saturated heterocycles. The van der Waals surface area contributed by atoms with Gasteiger partial charge in [-0.2, -0.15) is 5.10 Å². The summed E-state index contributed by atoms with van der Waals surface area (Å²) in [6.45, 7) is 8.35. The summed E-state index contributed by atoms with van der Waals surface area (Å²) in [5.74, 6) is 0.255. The number of nitrogens with zero attached hydrogens (tertiary/aromatic N) is 2. The fraction of sp³-hybridized carbons (Fsp3) is 0.400. The number of hydrogen-bond donors (Lipinski definition) is 1. The Morgan fingerprint density at radius 3 is 2.22 bits per heavy atom. The van der Waals surface area contributed by atoms with Gasteiger partial charge in [0.05, 0.1) is 11.4 Å². The molecule has 0 aliphatic rings. The van der Waals surface area contributed by atoms with Gasteiger partial charge in [0, 0.05) is 5.56 Å². The molecular weight excluding hydrogens is 224 g/mol. The van der Waals surface area contributed by atoms with Gasteiger partial charge < -0.3 is 5.11 Å². The third-order valence-electron chi connectivity index (χ3n) is 3.02. The summed E-state index contributed by atoms with van der Waals surface area (Å²) < 4.78 is 1.62. The van der Waals surface area contributed by atoms with Gasteiger partial charge in [0.15, 0.2) is 0 Å². The van der Waals surface area contributed by atoms with Gasteiger partial charge in [-0.1, -0.05) is 45.9 Å². The zero-order chi connectivity index (χ0) is 13.3. The van der Waals surface area contributed by atoms with Crippen LogP contribution in [-0.2, 0) is 11.8 Å². The number of rotatable bonds is 2. The van der Waals surface area contributed by atoms with E-state index in [-0.39, 0.29) is 11.3 Å². The molecule has 18 heavy (non-hydrogen) atoms. The lowest BCUT2D eigenvalue weighted by molar-refractivity contribution is 0.413. The Hall–Kier alpha value is -1.77. The van der Waals surface area contributed by atoms with E-state index in [1.807, 2.05) is 30.3 Å². The highest BCUT2D eigenvalue weighted by Crippen LogP contribution is 2.35. The van der Waals surface area contributed by atoms with Crippen molar-refractivity contribution in [2.24, 2.45) is 0 Å². The maximum Gasteiger partial charge on any atom is 0.218 e. The molecule has 1 aromatic heterocycles. The maximum atomic E-state index is 10.4. The molecule has 96 valence electrons. The van der Waals surface area contributed by atoms with E-state index in [0.29, 0.717) is 0 Å². The predicted molar refractivity (Wildman–Crippen MR) is 73.3 cm³/mol. The Bertz CT molecular complexity index is 536. The summed E-state index contributed by atoms with van der Waals surface area (Å²) >= 11 is 0. The summed E-state index contributed by atoms with van der Waals surface area (Å²) in [5, 5.41) is 15.0. The predicted octanol–water partition coefficient (Wildman–Crippen LogP) is 3.44. The second-order valence-electron chi connectivity index (χ2n) is 5.50. The second-order valence-corrected chi connectivity index (χ2v) is 5.50. The van der Waals surface area contributed by atoms with Crippen LogP contribution < -0.4 is 0 Å². The Labute approximate surface area is 108 Å². The van der Waals surface area contributed by atoms with Gasteiger partial charge in [-0.05, 0) is 24.0 Å². The summed E-state index contributed by atoms with van der Waals surface area (Å²) in [7, 11) is 0. The molecule has 2 rings (SSSR count). The lowest BCUT2D eigenvalue weighted by Gasteiger charge is -2.18. The molecule has 3 heteroatoms. The molecule has 0 spiro atoms. The average molecular weight is 244 g/mol. The highest BCUT2D eigenvalue weighted by Gasteiger charge is 2.27. The van der Waals surface area contributed by atoms with E-state index in [0.717, 1.165) is 23.4 Å². The van der Waals surface area contributed by atoms with Gasteiger partial charge in [0.1, 0.15) is 0 Å². The Kier molecular flexibility index (Phi) is 3.16. The molecule has 0 bridgehead atoms. The molecular formula is C15H20N2O. The number of aromatic hydroxyl groups is 1. The van der Waals surface area contributed by atoms with Crippen LogP contribution in [0.3, 0.4) is 0 Å². The molecule has 1 N–H and O–H groups in total. The second kappa shape index (κ2) is 4.48. The van der Waals surface area contributed by atoms with E-state index in [9.17, 15) is 5.11 Å². The normalized spacial score (nSPS) is 11.8. The molecule has 3 nitrogen and oxygen atoms in total. The van der Waals surface area contributed by atoms with E-state index in [1.54, 1.807) is 4.68 Å². The minimum atomic E-state index is -0.109. The summed E-state index contributed by atoms with van der Waals surface area (Å²) in [6.07, 6.45) is 0.819. The highest BCUT2D eigenvalue weighted by molar-refractivity contribution is 5.43. The first-order valence-electron chi connectivity index (χ1n) is 6.32. The van der Waals surface area contributed by atoms with Crippen LogP contribution in [0, 0.1) is 0 Å². The van der Waals surface area contributed by atoms with Crippen molar-refractivity contribution in [1.29, 1.82) is 0 Å². The number of hydrogen-bond acceptors (Lipinski definition) is 2. The van der Waals surface area contributed by atoms with E-state index >= 15 is 0 Å². The highest BCUT2D eigenvalue weighted by atomic mass is 16.3. The first-order valence-corrected chi connectivity index (χ1v) is 6.32. The van der Waals surface area contributed by atoms with Crippen molar-refractivity contribution < 1.29 is 5.11 Å². The van der Waals surface area contributed by atoms with Gasteiger partial charge >= 0.3 is 0 Å². The monoisotopic (exact) mass is 244 g/mol. The fourth-order valence-corrected chi connectivity index (χ4v) is 2.22. The first-order chi connectivity index (χ1) is 8.45. The summed E-state index contributed by atoms with van der Waals surface area (Å²) in [6, 6.07) is 9.73. The van der Waals surface area contributed by atoms with Crippen molar-refractivity contribution >= 4 is 0 Å². The molecule has 1 heterocycles. The number of benzene rings is 1. The van der Waals surface area contributed by atoms with Gasteiger partial charge in [0.2, 0.25) is 5.88 Å². The molecule has 0 aliphatic heterocycles. The van der Waals surface area contributed by atoms with Gasteiger partial charge in [-0.15, -0.1) is 0 Å². The van der Waals surface area contributed by atoms with E-state index in [2.05, 4.69) is 32.8 Å². The molecule has 1 aromatic carbocycles. The first kappa shape index (κ1) is 12.7. The van der Waals surface area contributed by atoms with Crippen molar-refractivity contribution in [2.75, 3.05) is 0 Å². The molecule has 0 fully saturated rings. The smallest absolute Gasteiger partial charge is 0.218 e. The van der Waals surface area contributed by atoms with E-state index in [1.165, 1.54) is 0 Å². The van der Waals surface area contributed by atoms with Crippen LogP contribution in [0.25, 0.3) is 5.69 Å². The minimum Gasteiger partial charge on any atom is -0.493 e.